The lowest BCUT2D eigenvalue weighted by Crippen LogP contribution is -2.31. The first-order valence-corrected chi connectivity index (χ1v) is 6.30. The summed E-state index contributed by atoms with van der Waals surface area (Å²) in [6.07, 6.45) is 5.18. The lowest BCUT2D eigenvalue weighted by molar-refractivity contribution is -0.131. The van der Waals surface area contributed by atoms with Crippen LogP contribution in [0.5, 0.6) is 0 Å². The Balaban J connectivity index is 1.79. The predicted molar refractivity (Wildman–Crippen MR) is 59.8 cm³/mol. The van der Waals surface area contributed by atoms with Gasteiger partial charge >= 0.3 is 0 Å². The summed E-state index contributed by atoms with van der Waals surface area (Å²) < 4.78 is 0. The number of rotatable bonds is 2. The van der Waals surface area contributed by atoms with Gasteiger partial charge in [0, 0.05) is 19.5 Å². The average Bonchev–Trinajstić information content (AvgIpc) is 2.61. The van der Waals surface area contributed by atoms with Crippen LogP contribution in [-0.2, 0) is 4.79 Å². The molecule has 0 aromatic heterocycles. The molecule has 0 aromatic carbocycles. The van der Waals surface area contributed by atoms with E-state index in [1.54, 1.807) is 4.90 Å². The van der Waals surface area contributed by atoms with E-state index in [1.807, 2.05) is 0 Å². The van der Waals surface area contributed by atoms with E-state index in [0.717, 1.165) is 12.8 Å². The first-order chi connectivity index (χ1) is 7.66. The summed E-state index contributed by atoms with van der Waals surface area (Å²) in [6.45, 7) is 0.597. The molecular weight excluding hydrogens is 206 g/mol. The molecule has 0 radical (unpaired) electrons. The zero-order chi connectivity index (χ0) is 11.5. The van der Waals surface area contributed by atoms with Gasteiger partial charge in [0.05, 0.1) is 12.2 Å². The van der Waals surface area contributed by atoms with Crippen molar-refractivity contribution in [2.24, 2.45) is 5.92 Å². The van der Waals surface area contributed by atoms with E-state index in [2.05, 4.69) is 0 Å². The van der Waals surface area contributed by atoms with E-state index in [-0.39, 0.29) is 5.91 Å². The largest absolute Gasteiger partial charge is 0.388 e. The van der Waals surface area contributed by atoms with Crippen molar-refractivity contribution < 1.29 is 15.0 Å². The van der Waals surface area contributed by atoms with Gasteiger partial charge in [-0.2, -0.15) is 0 Å². The summed E-state index contributed by atoms with van der Waals surface area (Å²) >= 11 is 0. The number of carbonyl (C=O) groups excluding carboxylic acids is 1. The number of hydrogen-bond acceptors (Lipinski definition) is 3. The number of amides is 1. The molecule has 1 saturated carbocycles. The van der Waals surface area contributed by atoms with Gasteiger partial charge in [-0.3, -0.25) is 4.79 Å². The lowest BCUT2D eigenvalue weighted by atomic mass is 9.87. The molecule has 0 spiro atoms. The van der Waals surface area contributed by atoms with Gasteiger partial charge in [0.2, 0.25) is 5.91 Å². The first-order valence-electron chi connectivity index (χ1n) is 6.30. The molecule has 0 aromatic rings. The third kappa shape index (κ3) is 2.74. The summed E-state index contributed by atoms with van der Waals surface area (Å²) in [6, 6.07) is 0. The number of carbonyl (C=O) groups is 1. The van der Waals surface area contributed by atoms with E-state index in [4.69, 9.17) is 0 Å². The molecule has 16 heavy (non-hydrogen) atoms. The van der Waals surface area contributed by atoms with Crippen molar-refractivity contribution in [1.82, 2.24) is 4.90 Å². The second-order valence-electron chi connectivity index (χ2n) is 5.14. The highest BCUT2D eigenvalue weighted by molar-refractivity contribution is 5.76. The van der Waals surface area contributed by atoms with Crippen LogP contribution >= 0.6 is 0 Å². The average molecular weight is 227 g/mol. The Morgan fingerprint density at radius 2 is 1.62 bits per heavy atom. The maximum atomic E-state index is 11.9. The number of aliphatic hydroxyl groups excluding tert-OH is 2. The normalized spacial score (nSPS) is 32.0. The predicted octanol–water partition coefficient (Wildman–Crippen LogP) is 0.521. The highest BCUT2D eigenvalue weighted by Crippen LogP contribution is 2.27. The minimum Gasteiger partial charge on any atom is -0.388 e. The second-order valence-corrected chi connectivity index (χ2v) is 5.14. The van der Waals surface area contributed by atoms with Gasteiger partial charge in [-0.1, -0.05) is 19.3 Å². The molecule has 2 N–H and O–H groups in total. The van der Waals surface area contributed by atoms with E-state index in [9.17, 15) is 15.0 Å². The Bertz CT molecular complexity index is 241. The number of nitrogens with zero attached hydrogens (tertiary/aromatic N) is 1. The Hall–Kier alpha value is -0.610. The van der Waals surface area contributed by atoms with Crippen LogP contribution in [0.4, 0.5) is 0 Å². The highest BCUT2D eigenvalue weighted by Gasteiger charge is 2.33. The number of β-amino-alcohol motifs (C(OH)–C–C–N with tert-alkyl or cyclic N) is 2. The summed E-state index contributed by atoms with van der Waals surface area (Å²) in [5.41, 5.74) is 0. The van der Waals surface area contributed by atoms with Crippen LogP contribution in [0.1, 0.15) is 38.5 Å². The van der Waals surface area contributed by atoms with E-state index in [1.165, 1.54) is 19.3 Å². The summed E-state index contributed by atoms with van der Waals surface area (Å²) in [5.74, 6) is 0.624. The smallest absolute Gasteiger partial charge is 0.223 e. The molecule has 4 nitrogen and oxygen atoms in total. The second kappa shape index (κ2) is 5.15. The van der Waals surface area contributed by atoms with Crippen LogP contribution in [-0.4, -0.2) is 46.3 Å². The molecule has 2 aliphatic rings. The van der Waals surface area contributed by atoms with Crippen LogP contribution in [0.25, 0.3) is 0 Å². The number of aliphatic hydroxyl groups is 2. The zero-order valence-electron chi connectivity index (χ0n) is 9.64. The van der Waals surface area contributed by atoms with Crippen molar-refractivity contribution in [2.45, 2.75) is 50.7 Å². The molecule has 1 amide bonds. The van der Waals surface area contributed by atoms with Crippen molar-refractivity contribution in [3.05, 3.63) is 0 Å². The van der Waals surface area contributed by atoms with Gasteiger partial charge in [-0.15, -0.1) is 0 Å². The molecule has 1 aliphatic heterocycles. The fourth-order valence-corrected chi connectivity index (χ4v) is 2.74. The molecule has 1 saturated heterocycles. The molecule has 92 valence electrons. The lowest BCUT2D eigenvalue weighted by Gasteiger charge is -2.23. The van der Waals surface area contributed by atoms with Crippen LogP contribution < -0.4 is 0 Å². The minimum absolute atomic E-state index is 0.0995. The fraction of sp³-hybridized carbons (Fsp3) is 0.917. The van der Waals surface area contributed by atoms with E-state index >= 15 is 0 Å². The zero-order valence-corrected chi connectivity index (χ0v) is 9.64. The maximum Gasteiger partial charge on any atom is 0.223 e. The topological polar surface area (TPSA) is 60.8 Å². The van der Waals surface area contributed by atoms with Crippen LogP contribution in [0.3, 0.4) is 0 Å². The third-order valence-electron chi connectivity index (χ3n) is 3.80. The van der Waals surface area contributed by atoms with Crippen molar-refractivity contribution in [2.75, 3.05) is 13.1 Å². The van der Waals surface area contributed by atoms with Gasteiger partial charge < -0.3 is 15.1 Å². The fourth-order valence-electron chi connectivity index (χ4n) is 2.74. The molecule has 0 unspecified atom stereocenters. The van der Waals surface area contributed by atoms with Crippen LogP contribution in [0.15, 0.2) is 0 Å². The van der Waals surface area contributed by atoms with Gasteiger partial charge in [-0.05, 0) is 18.8 Å². The van der Waals surface area contributed by atoms with Gasteiger partial charge in [0.15, 0.2) is 0 Å². The number of likely N-dealkylation sites (tertiary alicyclic amines) is 1. The van der Waals surface area contributed by atoms with Crippen molar-refractivity contribution in [1.29, 1.82) is 0 Å². The van der Waals surface area contributed by atoms with Crippen LogP contribution in [0, 0.1) is 5.92 Å². The molecular formula is C12H21NO3. The molecule has 2 atom stereocenters. The van der Waals surface area contributed by atoms with Crippen molar-refractivity contribution >= 4 is 5.91 Å². The quantitative estimate of drug-likeness (QED) is 0.723. The molecule has 1 heterocycles. The highest BCUT2D eigenvalue weighted by atomic mass is 16.3. The summed E-state index contributed by atoms with van der Waals surface area (Å²) in [4.78, 5) is 13.5. The number of hydrogen-bond donors (Lipinski definition) is 2. The standard InChI is InChI=1S/C12H21NO3/c14-10-7-13(8-11(10)15)12(16)6-9-4-2-1-3-5-9/h9-11,14-15H,1-8H2/t10-,11+. The molecule has 4 heteroatoms. The molecule has 0 bridgehead atoms. The maximum absolute atomic E-state index is 11.9. The molecule has 2 rings (SSSR count). The Labute approximate surface area is 96.3 Å². The Morgan fingerprint density at radius 3 is 2.19 bits per heavy atom. The molecule has 1 aliphatic carbocycles. The Kier molecular flexibility index (Phi) is 3.82. The summed E-state index contributed by atoms with van der Waals surface area (Å²) in [7, 11) is 0. The molecule has 2 fully saturated rings. The Morgan fingerprint density at radius 1 is 1.06 bits per heavy atom. The van der Waals surface area contributed by atoms with E-state index < -0.39 is 12.2 Å². The van der Waals surface area contributed by atoms with Crippen molar-refractivity contribution in [3.63, 3.8) is 0 Å². The van der Waals surface area contributed by atoms with Crippen molar-refractivity contribution in [3.8, 4) is 0 Å². The van der Waals surface area contributed by atoms with E-state index in [0.29, 0.717) is 25.4 Å². The monoisotopic (exact) mass is 227 g/mol. The first kappa shape index (κ1) is 11.9. The van der Waals surface area contributed by atoms with Gasteiger partial charge in [0.25, 0.3) is 0 Å². The third-order valence-corrected chi connectivity index (χ3v) is 3.80. The minimum atomic E-state index is -0.754. The van der Waals surface area contributed by atoms with Gasteiger partial charge in [0.1, 0.15) is 0 Å². The van der Waals surface area contributed by atoms with Gasteiger partial charge in [-0.25, -0.2) is 0 Å². The van der Waals surface area contributed by atoms with Crippen LogP contribution in [0.2, 0.25) is 0 Å². The summed E-state index contributed by atoms with van der Waals surface area (Å²) in [5, 5.41) is 18.8. The SMILES string of the molecule is O=C(CC1CCCCC1)N1C[C@@H](O)[C@@H](O)C1.